The molecule has 1 N–H and O–H groups in total. The van der Waals surface area contributed by atoms with E-state index in [-0.39, 0.29) is 5.57 Å². The average Bonchev–Trinajstić information content (AvgIpc) is 2.85. The van der Waals surface area contributed by atoms with Crippen LogP contribution in [0.2, 0.25) is 0 Å². The van der Waals surface area contributed by atoms with Crippen LogP contribution in [0.25, 0.3) is 17.1 Å². The molecule has 22 heavy (non-hydrogen) atoms. The van der Waals surface area contributed by atoms with Crippen LogP contribution < -0.4 is 0 Å². The SMILES string of the molecule is COC(=O)/C(=C\c1c[nH]c2cccnc12)C(=O)OC(C)(C)C. The first-order valence-corrected chi connectivity index (χ1v) is 6.77. The minimum atomic E-state index is -0.750. The Hall–Kier alpha value is -2.63. The first-order valence-electron chi connectivity index (χ1n) is 6.77. The maximum absolute atomic E-state index is 12.2. The molecule has 0 spiro atoms. The molecular formula is C16H18N2O4. The second kappa shape index (κ2) is 6.01. The first kappa shape index (κ1) is 15.8. The van der Waals surface area contributed by atoms with Crippen molar-refractivity contribution in [2.45, 2.75) is 26.4 Å². The van der Waals surface area contributed by atoms with Crippen molar-refractivity contribution in [3.63, 3.8) is 0 Å². The topological polar surface area (TPSA) is 81.3 Å². The molecule has 0 aromatic carbocycles. The molecule has 0 aliphatic heterocycles. The third-order valence-corrected chi connectivity index (χ3v) is 2.79. The fraction of sp³-hybridized carbons (Fsp3) is 0.312. The number of pyridine rings is 1. The van der Waals surface area contributed by atoms with Crippen LogP contribution in [0.5, 0.6) is 0 Å². The highest BCUT2D eigenvalue weighted by molar-refractivity contribution is 6.18. The number of methoxy groups -OCH3 is 1. The summed E-state index contributed by atoms with van der Waals surface area (Å²) in [4.78, 5) is 31.3. The third kappa shape index (κ3) is 3.52. The molecule has 2 heterocycles. The van der Waals surface area contributed by atoms with Gasteiger partial charge in [-0.15, -0.1) is 0 Å². The van der Waals surface area contributed by atoms with Gasteiger partial charge in [-0.1, -0.05) is 0 Å². The summed E-state index contributed by atoms with van der Waals surface area (Å²) in [6.45, 7) is 5.19. The van der Waals surface area contributed by atoms with Crippen LogP contribution >= 0.6 is 0 Å². The molecule has 0 fully saturated rings. The number of rotatable bonds is 3. The van der Waals surface area contributed by atoms with Crippen molar-refractivity contribution >= 4 is 29.0 Å². The molecule has 0 radical (unpaired) electrons. The molecule has 0 aliphatic carbocycles. The van der Waals surface area contributed by atoms with E-state index in [9.17, 15) is 9.59 Å². The predicted octanol–water partition coefficient (Wildman–Crippen LogP) is 2.46. The Kier molecular flexibility index (Phi) is 4.30. The number of aromatic amines is 1. The molecule has 0 bridgehead atoms. The van der Waals surface area contributed by atoms with Crippen molar-refractivity contribution < 1.29 is 19.1 Å². The maximum Gasteiger partial charge on any atom is 0.346 e. The fourth-order valence-electron chi connectivity index (χ4n) is 1.89. The van der Waals surface area contributed by atoms with Crippen LogP contribution in [0.4, 0.5) is 0 Å². The molecule has 6 heteroatoms. The lowest BCUT2D eigenvalue weighted by atomic mass is 10.1. The van der Waals surface area contributed by atoms with Gasteiger partial charge in [0.1, 0.15) is 11.2 Å². The fourth-order valence-corrected chi connectivity index (χ4v) is 1.89. The summed E-state index contributed by atoms with van der Waals surface area (Å²) < 4.78 is 9.92. The minimum Gasteiger partial charge on any atom is -0.465 e. The van der Waals surface area contributed by atoms with Gasteiger partial charge in [0.25, 0.3) is 0 Å². The van der Waals surface area contributed by atoms with E-state index < -0.39 is 17.5 Å². The average molecular weight is 302 g/mol. The third-order valence-electron chi connectivity index (χ3n) is 2.79. The molecule has 0 saturated carbocycles. The number of fused-ring (bicyclic) bond motifs is 1. The van der Waals surface area contributed by atoms with Crippen LogP contribution in [0, 0.1) is 0 Å². The molecule has 0 saturated heterocycles. The number of carbonyl (C=O) groups excluding carboxylic acids is 2. The van der Waals surface area contributed by atoms with Crippen molar-refractivity contribution in [1.29, 1.82) is 0 Å². The van der Waals surface area contributed by atoms with Gasteiger partial charge in [0, 0.05) is 18.0 Å². The van der Waals surface area contributed by atoms with Crippen LogP contribution in [0.1, 0.15) is 26.3 Å². The van der Waals surface area contributed by atoms with E-state index in [4.69, 9.17) is 4.74 Å². The Morgan fingerprint density at radius 3 is 2.64 bits per heavy atom. The highest BCUT2D eigenvalue weighted by atomic mass is 16.6. The lowest BCUT2D eigenvalue weighted by Gasteiger charge is -2.19. The zero-order chi connectivity index (χ0) is 16.3. The quantitative estimate of drug-likeness (QED) is 0.407. The lowest BCUT2D eigenvalue weighted by Crippen LogP contribution is -2.27. The van der Waals surface area contributed by atoms with Gasteiger partial charge in [-0.05, 0) is 39.0 Å². The molecule has 2 aromatic rings. The van der Waals surface area contributed by atoms with E-state index in [1.807, 2.05) is 6.07 Å². The molecule has 2 aromatic heterocycles. The molecule has 116 valence electrons. The van der Waals surface area contributed by atoms with Crippen molar-refractivity contribution in [3.8, 4) is 0 Å². The van der Waals surface area contributed by atoms with E-state index in [0.717, 1.165) is 5.52 Å². The zero-order valence-corrected chi connectivity index (χ0v) is 13.0. The molecule has 0 amide bonds. The predicted molar refractivity (Wildman–Crippen MR) is 81.9 cm³/mol. The number of esters is 2. The summed E-state index contributed by atoms with van der Waals surface area (Å²) in [5, 5.41) is 0. The van der Waals surface area contributed by atoms with Crippen LogP contribution in [-0.2, 0) is 19.1 Å². The van der Waals surface area contributed by atoms with Gasteiger partial charge in [0.05, 0.1) is 18.1 Å². The van der Waals surface area contributed by atoms with Crippen molar-refractivity contribution in [1.82, 2.24) is 9.97 Å². The lowest BCUT2D eigenvalue weighted by molar-refractivity contribution is -0.153. The first-order chi connectivity index (χ1) is 10.3. The minimum absolute atomic E-state index is 0.177. The molecule has 0 atom stereocenters. The number of ether oxygens (including phenoxy) is 2. The molecule has 6 nitrogen and oxygen atoms in total. The van der Waals surface area contributed by atoms with Gasteiger partial charge in [-0.2, -0.15) is 0 Å². The Labute approximate surface area is 128 Å². The Morgan fingerprint density at radius 2 is 2.00 bits per heavy atom. The number of carbonyl (C=O) groups is 2. The molecule has 2 rings (SSSR count). The summed E-state index contributed by atoms with van der Waals surface area (Å²) in [7, 11) is 1.22. The second-order valence-corrected chi connectivity index (χ2v) is 5.70. The number of hydrogen-bond donors (Lipinski definition) is 1. The number of aromatic nitrogens is 2. The standard InChI is InChI=1S/C16H18N2O4/c1-16(2,3)22-15(20)11(14(19)21-4)8-10-9-18-12-6-5-7-17-13(10)12/h5-9,18H,1-4H3/b11-8+. The van der Waals surface area contributed by atoms with Gasteiger partial charge >= 0.3 is 11.9 Å². The summed E-state index contributed by atoms with van der Waals surface area (Å²) in [6, 6.07) is 3.65. The van der Waals surface area contributed by atoms with Crippen LogP contribution in [0.15, 0.2) is 30.1 Å². The smallest absolute Gasteiger partial charge is 0.346 e. The monoisotopic (exact) mass is 302 g/mol. The Balaban J connectivity index is 2.45. The number of H-pyrrole nitrogens is 1. The van der Waals surface area contributed by atoms with E-state index in [1.165, 1.54) is 13.2 Å². The van der Waals surface area contributed by atoms with Gasteiger partial charge in [-0.3, -0.25) is 4.98 Å². The van der Waals surface area contributed by atoms with E-state index in [2.05, 4.69) is 14.7 Å². The largest absolute Gasteiger partial charge is 0.465 e. The van der Waals surface area contributed by atoms with Crippen LogP contribution in [0.3, 0.4) is 0 Å². The summed E-state index contributed by atoms with van der Waals surface area (Å²) >= 11 is 0. The summed E-state index contributed by atoms with van der Waals surface area (Å²) in [5.74, 6) is -1.48. The van der Waals surface area contributed by atoms with Gasteiger partial charge < -0.3 is 14.5 Å². The second-order valence-electron chi connectivity index (χ2n) is 5.70. The van der Waals surface area contributed by atoms with Gasteiger partial charge in [-0.25, -0.2) is 9.59 Å². The van der Waals surface area contributed by atoms with Crippen LogP contribution in [-0.4, -0.2) is 34.6 Å². The molecule has 0 aliphatic rings. The zero-order valence-electron chi connectivity index (χ0n) is 13.0. The summed E-state index contributed by atoms with van der Waals surface area (Å²) in [6.07, 6.45) is 4.73. The number of hydrogen-bond acceptors (Lipinski definition) is 5. The Morgan fingerprint density at radius 1 is 1.27 bits per heavy atom. The highest BCUT2D eigenvalue weighted by Gasteiger charge is 2.26. The normalized spacial score (nSPS) is 12.3. The maximum atomic E-state index is 12.2. The molecule has 0 unspecified atom stereocenters. The highest BCUT2D eigenvalue weighted by Crippen LogP contribution is 2.20. The van der Waals surface area contributed by atoms with Crippen molar-refractivity contribution in [2.75, 3.05) is 7.11 Å². The van der Waals surface area contributed by atoms with E-state index >= 15 is 0 Å². The van der Waals surface area contributed by atoms with E-state index in [0.29, 0.717) is 11.1 Å². The summed E-state index contributed by atoms with van der Waals surface area (Å²) in [5.41, 5.74) is 1.20. The number of nitrogens with one attached hydrogen (secondary N) is 1. The van der Waals surface area contributed by atoms with E-state index in [1.54, 1.807) is 39.2 Å². The van der Waals surface area contributed by atoms with Gasteiger partial charge in [0.15, 0.2) is 0 Å². The molecular weight excluding hydrogens is 284 g/mol. The van der Waals surface area contributed by atoms with Gasteiger partial charge in [0.2, 0.25) is 0 Å². The van der Waals surface area contributed by atoms with Crippen molar-refractivity contribution in [2.24, 2.45) is 0 Å². The number of nitrogens with zero attached hydrogens (tertiary/aromatic N) is 1. The van der Waals surface area contributed by atoms with Crippen molar-refractivity contribution in [3.05, 3.63) is 35.7 Å². The Bertz CT molecular complexity index is 738.